The molecule has 0 fully saturated rings. The summed E-state index contributed by atoms with van der Waals surface area (Å²) in [5.74, 6) is 1.04. The van der Waals surface area contributed by atoms with E-state index in [4.69, 9.17) is 4.52 Å². The molecule has 0 N–H and O–H groups in total. The van der Waals surface area contributed by atoms with E-state index >= 15 is 0 Å². The molecule has 0 bridgehead atoms. The van der Waals surface area contributed by atoms with Crippen LogP contribution in [0, 0.1) is 6.92 Å². The van der Waals surface area contributed by atoms with Gasteiger partial charge in [-0.05, 0) is 19.4 Å². The van der Waals surface area contributed by atoms with Gasteiger partial charge in [-0.15, -0.1) is 0 Å². The Morgan fingerprint density at radius 1 is 1.41 bits per heavy atom. The average Bonchev–Trinajstić information content (AvgIpc) is 2.64. The Morgan fingerprint density at radius 2 is 2.24 bits per heavy atom. The number of ketones is 1. The number of aromatic nitrogens is 2. The van der Waals surface area contributed by atoms with E-state index in [1.807, 2.05) is 25.1 Å². The van der Waals surface area contributed by atoms with Gasteiger partial charge in [0.15, 0.2) is 5.82 Å². The van der Waals surface area contributed by atoms with Crippen molar-refractivity contribution in [1.29, 1.82) is 0 Å². The zero-order valence-corrected chi connectivity index (χ0v) is 9.93. The van der Waals surface area contributed by atoms with Crippen molar-refractivity contribution in [1.82, 2.24) is 10.1 Å². The van der Waals surface area contributed by atoms with Crippen molar-refractivity contribution in [3.05, 3.63) is 47.1 Å². The summed E-state index contributed by atoms with van der Waals surface area (Å²) in [5, 5.41) is 3.77. The summed E-state index contributed by atoms with van der Waals surface area (Å²) in [4.78, 5) is 15.1. The number of rotatable bonds is 4. The van der Waals surface area contributed by atoms with Crippen LogP contribution in [0.5, 0.6) is 0 Å². The second-order valence-corrected chi connectivity index (χ2v) is 4.15. The monoisotopic (exact) mass is 230 g/mol. The maximum atomic E-state index is 10.9. The molecule has 0 unspecified atom stereocenters. The molecule has 0 aliphatic heterocycles. The molecule has 17 heavy (non-hydrogen) atoms. The summed E-state index contributed by atoms with van der Waals surface area (Å²) >= 11 is 0. The summed E-state index contributed by atoms with van der Waals surface area (Å²) in [6.45, 7) is 3.55. The van der Waals surface area contributed by atoms with Gasteiger partial charge in [0.2, 0.25) is 5.89 Å². The first kappa shape index (κ1) is 11.5. The first-order valence-corrected chi connectivity index (χ1v) is 5.50. The van der Waals surface area contributed by atoms with Gasteiger partial charge in [-0.3, -0.25) is 4.79 Å². The summed E-state index contributed by atoms with van der Waals surface area (Å²) in [5.41, 5.74) is 2.33. The van der Waals surface area contributed by atoms with Gasteiger partial charge in [-0.25, -0.2) is 0 Å². The van der Waals surface area contributed by atoms with E-state index < -0.39 is 0 Å². The second kappa shape index (κ2) is 4.91. The number of hydrogen-bond donors (Lipinski definition) is 0. The molecule has 0 atom stereocenters. The van der Waals surface area contributed by atoms with Gasteiger partial charge < -0.3 is 4.52 Å². The van der Waals surface area contributed by atoms with Crippen LogP contribution >= 0.6 is 0 Å². The number of aryl methyl sites for hydroxylation is 1. The topological polar surface area (TPSA) is 56.0 Å². The van der Waals surface area contributed by atoms with Crippen molar-refractivity contribution in [2.75, 3.05) is 0 Å². The third kappa shape index (κ3) is 3.24. The molecule has 88 valence electrons. The van der Waals surface area contributed by atoms with Crippen LogP contribution in [0.15, 0.2) is 28.8 Å². The van der Waals surface area contributed by atoms with Gasteiger partial charge >= 0.3 is 0 Å². The molecule has 0 radical (unpaired) electrons. The lowest BCUT2D eigenvalue weighted by Gasteiger charge is -1.97. The number of carbonyl (C=O) groups is 1. The van der Waals surface area contributed by atoms with Gasteiger partial charge in [-0.1, -0.05) is 35.0 Å². The fourth-order valence-corrected chi connectivity index (χ4v) is 1.65. The molecule has 4 nitrogen and oxygen atoms in total. The maximum absolute atomic E-state index is 10.9. The first-order chi connectivity index (χ1) is 8.13. The zero-order valence-electron chi connectivity index (χ0n) is 9.93. The standard InChI is InChI=1S/C13H14N2O2/c1-9-4-3-5-11(6-9)8-13-14-12(15-17-13)7-10(2)16/h3-6H,7-8H2,1-2H3. The number of carbonyl (C=O) groups excluding carboxylic acids is 1. The normalized spacial score (nSPS) is 10.5. The molecule has 1 heterocycles. The molecule has 0 aliphatic carbocycles. The highest BCUT2D eigenvalue weighted by atomic mass is 16.5. The fourth-order valence-electron chi connectivity index (χ4n) is 1.65. The molecular formula is C13H14N2O2. The van der Waals surface area contributed by atoms with Crippen molar-refractivity contribution in [3.63, 3.8) is 0 Å². The molecule has 1 aromatic carbocycles. The zero-order chi connectivity index (χ0) is 12.3. The molecule has 4 heteroatoms. The minimum atomic E-state index is 0.0351. The fraction of sp³-hybridized carbons (Fsp3) is 0.308. The molecule has 0 spiro atoms. The van der Waals surface area contributed by atoms with Crippen LogP contribution in [0.3, 0.4) is 0 Å². The Bertz CT molecular complexity index is 532. The Kier molecular flexibility index (Phi) is 3.32. The molecular weight excluding hydrogens is 216 g/mol. The number of Topliss-reactive ketones (excluding diaryl/α,β-unsaturated/α-hetero) is 1. The van der Waals surface area contributed by atoms with Crippen LogP contribution in [0.1, 0.15) is 29.8 Å². The number of nitrogens with zero attached hydrogens (tertiary/aromatic N) is 2. The molecule has 0 amide bonds. The Labute approximate surface area is 99.7 Å². The lowest BCUT2D eigenvalue weighted by Crippen LogP contribution is -1.98. The average molecular weight is 230 g/mol. The predicted octanol–water partition coefficient (Wildman–Crippen LogP) is 2.10. The minimum absolute atomic E-state index is 0.0351. The van der Waals surface area contributed by atoms with Gasteiger partial charge in [0.05, 0.1) is 12.8 Å². The Hall–Kier alpha value is -1.97. The van der Waals surface area contributed by atoms with E-state index in [0.717, 1.165) is 5.56 Å². The lowest BCUT2D eigenvalue weighted by molar-refractivity contribution is -0.116. The van der Waals surface area contributed by atoms with Crippen LogP contribution in [0.2, 0.25) is 0 Å². The number of benzene rings is 1. The third-order valence-corrected chi connectivity index (χ3v) is 2.36. The van der Waals surface area contributed by atoms with E-state index in [0.29, 0.717) is 18.1 Å². The maximum Gasteiger partial charge on any atom is 0.231 e. The van der Waals surface area contributed by atoms with Crippen LogP contribution in [-0.2, 0) is 17.6 Å². The number of hydrogen-bond acceptors (Lipinski definition) is 4. The summed E-state index contributed by atoms with van der Waals surface area (Å²) in [6, 6.07) is 8.13. The van der Waals surface area contributed by atoms with Crippen LogP contribution in [0.4, 0.5) is 0 Å². The quantitative estimate of drug-likeness (QED) is 0.807. The van der Waals surface area contributed by atoms with Crippen molar-refractivity contribution < 1.29 is 9.32 Å². The van der Waals surface area contributed by atoms with Crippen molar-refractivity contribution in [2.45, 2.75) is 26.7 Å². The van der Waals surface area contributed by atoms with Crippen molar-refractivity contribution in [3.8, 4) is 0 Å². The Balaban J connectivity index is 2.08. The molecule has 1 aromatic heterocycles. The summed E-state index contributed by atoms with van der Waals surface area (Å²) in [6.07, 6.45) is 0.837. The van der Waals surface area contributed by atoms with Gasteiger partial charge in [-0.2, -0.15) is 4.98 Å². The summed E-state index contributed by atoms with van der Waals surface area (Å²) < 4.78 is 5.10. The van der Waals surface area contributed by atoms with E-state index in [2.05, 4.69) is 16.2 Å². The highest BCUT2D eigenvalue weighted by Crippen LogP contribution is 2.10. The van der Waals surface area contributed by atoms with Crippen LogP contribution in [-0.4, -0.2) is 15.9 Å². The van der Waals surface area contributed by atoms with Gasteiger partial charge in [0, 0.05) is 0 Å². The predicted molar refractivity (Wildman–Crippen MR) is 62.7 cm³/mol. The highest BCUT2D eigenvalue weighted by Gasteiger charge is 2.08. The highest BCUT2D eigenvalue weighted by molar-refractivity contribution is 5.77. The Morgan fingerprint density at radius 3 is 2.94 bits per heavy atom. The van der Waals surface area contributed by atoms with E-state index in [-0.39, 0.29) is 12.2 Å². The second-order valence-electron chi connectivity index (χ2n) is 4.15. The van der Waals surface area contributed by atoms with Gasteiger partial charge in [0.1, 0.15) is 5.78 Å². The molecule has 0 aliphatic rings. The first-order valence-electron chi connectivity index (χ1n) is 5.50. The largest absolute Gasteiger partial charge is 0.339 e. The molecule has 0 saturated carbocycles. The summed E-state index contributed by atoms with van der Waals surface area (Å²) in [7, 11) is 0. The third-order valence-electron chi connectivity index (χ3n) is 2.36. The van der Waals surface area contributed by atoms with E-state index in [1.54, 1.807) is 0 Å². The molecule has 2 rings (SSSR count). The minimum Gasteiger partial charge on any atom is -0.339 e. The lowest BCUT2D eigenvalue weighted by atomic mass is 10.1. The van der Waals surface area contributed by atoms with Crippen molar-refractivity contribution >= 4 is 5.78 Å². The van der Waals surface area contributed by atoms with Crippen LogP contribution < -0.4 is 0 Å². The van der Waals surface area contributed by atoms with Crippen LogP contribution in [0.25, 0.3) is 0 Å². The van der Waals surface area contributed by atoms with Crippen molar-refractivity contribution in [2.24, 2.45) is 0 Å². The van der Waals surface area contributed by atoms with E-state index in [9.17, 15) is 4.79 Å². The molecule has 2 aromatic rings. The van der Waals surface area contributed by atoms with E-state index in [1.165, 1.54) is 12.5 Å². The molecule has 0 saturated heterocycles. The smallest absolute Gasteiger partial charge is 0.231 e. The SMILES string of the molecule is CC(=O)Cc1noc(Cc2cccc(C)c2)n1. The van der Waals surface area contributed by atoms with Gasteiger partial charge in [0.25, 0.3) is 0 Å².